The van der Waals surface area contributed by atoms with Crippen LogP contribution in [0, 0.1) is 5.82 Å². The van der Waals surface area contributed by atoms with Crippen LogP contribution in [0.15, 0.2) is 79.1 Å². The van der Waals surface area contributed by atoms with Crippen molar-refractivity contribution in [3.63, 3.8) is 0 Å². The van der Waals surface area contributed by atoms with Crippen molar-refractivity contribution in [2.45, 2.75) is 38.3 Å². The standard InChI is InChI=1S/C34H35FN6O2S/c1-41(2)17-3-4-22-5-8-24(9-6-22)37-20-23-7-13-28(38-21-23)32-19-29-33(44-32)31(15-16-36-29)43-30-14-12-26(18-27(30)35)40-34(42)39-25-10-11-25/h5-9,12-16,18-19,21,25,37H,3-4,10-11,17,20H2,1-2H3,(H2,39,40,42). The van der Waals surface area contributed by atoms with Gasteiger partial charge >= 0.3 is 6.03 Å². The number of amides is 2. The molecule has 3 N–H and O–H groups in total. The molecule has 6 rings (SSSR count). The first-order valence-electron chi connectivity index (χ1n) is 14.8. The number of nitrogens with zero attached hydrogens (tertiary/aromatic N) is 3. The third-order valence-electron chi connectivity index (χ3n) is 7.30. The molecule has 2 aromatic carbocycles. The van der Waals surface area contributed by atoms with Crippen LogP contribution in [0.25, 0.3) is 20.8 Å². The average molecular weight is 611 g/mol. The second kappa shape index (κ2) is 13.4. The van der Waals surface area contributed by atoms with Gasteiger partial charge in [0.2, 0.25) is 0 Å². The van der Waals surface area contributed by atoms with Gasteiger partial charge in [0, 0.05) is 48.5 Å². The average Bonchev–Trinajstić information content (AvgIpc) is 3.71. The van der Waals surface area contributed by atoms with Crippen molar-refractivity contribution in [2.24, 2.45) is 0 Å². The van der Waals surface area contributed by atoms with Crippen LogP contribution in [0.1, 0.15) is 30.4 Å². The van der Waals surface area contributed by atoms with Gasteiger partial charge in [-0.1, -0.05) is 18.2 Å². The van der Waals surface area contributed by atoms with Crippen LogP contribution in [0.3, 0.4) is 0 Å². The zero-order valence-corrected chi connectivity index (χ0v) is 25.6. The number of anilines is 2. The number of carbonyl (C=O) groups is 1. The van der Waals surface area contributed by atoms with Gasteiger partial charge in [0.1, 0.15) is 5.75 Å². The number of ether oxygens (including phenoxy) is 1. The van der Waals surface area contributed by atoms with Crippen molar-refractivity contribution >= 4 is 39.0 Å². The summed E-state index contributed by atoms with van der Waals surface area (Å²) in [7, 11) is 4.20. The number of pyridine rings is 2. The number of aryl methyl sites for hydroxylation is 1. The Labute approximate surface area is 260 Å². The maximum atomic E-state index is 14.9. The highest BCUT2D eigenvalue weighted by molar-refractivity contribution is 7.22. The highest BCUT2D eigenvalue weighted by atomic mass is 32.1. The molecule has 0 saturated heterocycles. The Bertz CT molecular complexity index is 1740. The number of urea groups is 1. The van der Waals surface area contributed by atoms with E-state index in [1.54, 1.807) is 18.3 Å². The van der Waals surface area contributed by atoms with Gasteiger partial charge in [-0.15, -0.1) is 11.3 Å². The molecule has 44 heavy (non-hydrogen) atoms. The molecule has 3 heterocycles. The minimum absolute atomic E-state index is 0.0644. The van der Waals surface area contributed by atoms with Gasteiger partial charge in [0.05, 0.1) is 20.8 Å². The Morgan fingerprint density at radius 1 is 0.977 bits per heavy atom. The van der Waals surface area contributed by atoms with Gasteiger partial charge in [-0.05, 0) is 93.8 Å². The molecule has 0 radical (unpaired) electrons. The van der Waals surface area contributed by atoms with E-state index in [1.165, 1.54) is 29.0 Å². The van der Waals surface area contributed by atoms with E-state index >= 15 is 0 Å². The molecule has 226 valence electrons. The predicted octanol–water partition coefficient (Wildman–Crippen LogP) is 7.68. The van der Waals surface area contributed by atoms with Crippen LogP contribution in [0.2, 0.25) is 0 Å². The van der Waals surface area contributed by atoms with Gasteiger partial charge < -0.3 is 25.6 Å². The highest BCUT2D eigenvalue weighted by Crippen LogP contribution is 2.39. The fraction of sp³-hybridized carbons (Fsp3) is 0.265. The Hall–Kier alpha value is -4.54. The largest absolute Gasteiger partial charge is 0.453 e. The number of rotatable bonds is 12. The predicted molar refractivity (Wildman–Crippen MR) is 175 cm³/mol. The molecule has 0 atom stereocenters. The topological polar surface area (TPSA) is 91.4 Å². The molecule has 1 saturated carbocycles. The van der Waals surface area contributed by atoms with E-state index in [9.17, 15) is 9.18 Å². The van der Waals surface area contributed by atoms with Gasteiger partial charge in [-0.2, -0.15) is 0 Å². The van der Waals surface area contributed by atoms with E-state index in [1.807, 2.05) is 18.3 Å². The molecule has 10 heteroatoms. The number of benzene rings is 2. The van der Waals surface area contributed by atoms with Crippen LogP contribution in [0.4, 0.5) is 20.6 Å². The second-order valence-corrected chi connectivity index (χ2v) is 12.3. The Morgan fingerprint density at radius 3 is 2.50 bits per heavy atom. The maximum Gasteiger partial charge on any atom is 0.319 e. The SMILES string of the molecule is CN(C)CCCc1ccc(NCc2ccc(-c3cc4nccc(Oc5ccc(NC(=O)NC6CC6)cc5F)c4s3)nc2)cc1. The highest BCUT2D eigenvalue weighted by Gasteiger charge is 2.23. The van der Waals surface area contributed by atoms with E-state index in [0.717, 1.165) is 64.3 Å². The second-order valence-electron chi connectivity index (χ2n) is 11.3. The van der Waals surface area contributed by atoms with E-state index in [4.69, 9.17) is 9.72 Å². The van der Waals surface area contributed by atoms with Crippen molar-refractivity contribution in [1.82, 2.24) is 20.2 Å². The molecule has 1 fully saturated rings. The van der Waals surface area contributed by atoms with Gasteiger partial charge in [-0.25, -0.2) is 9.18 Å². The fourth-order valence-corrected chi connectivity index (χ4v) is 5.79. The molecular weight excluding hydrogens is 575 g/mol. The number of fused-ring (bicyclic) bond motifs is 1. The summed E-state index contributed by atoms with van der Waals surface area (Å²) in [6.45, 7) is 1.76. The first-order valence-corrected chi connectivity index (χ1v) is 15.6. The van der Waals surface area contributed by atoms with Crippen LogP contribution in [-0.4, -0.2) is 47.6 Å². The lowest BCUT2D eigenvalue weighted by atomic mass is 10.1. The van der Waals surface area contributed by atoms with Crippen LogP contribution < -0.4 is 20.7 Å². The van der Waals surface area contributed by atoms with Gasteiger partial charge in [0.25, 0.3) is 0 Å². The molecule has 0 unspecified atom stereocenters. The minimum atomic E-state index is -0.572. The number of halogens is 1. The number of hydrogen-bond donors (Lipinski definition) is 3. The molecule has 1 aliphatic carbocycles. The van der Waals surface area contributed by atoms with Crippen molar-refractivity contribution in [3.8, 4) is 22.1 Å². The molecule has 0 aliphatic heterocycles. The smallest absolute Gasteiger partial charge is 0.319 e. The summed E-state index contributed by atoms with van der Waals surface area (Å²) >= 11 is 1.49. The van der Waals surface area contributed by atoms with Crippen molar-refractivity contribution in [3.05, 3.63) is 96.1 Å². The van der Waals surface area contributed by atoms with Crippen LogP contribution in [0.5, 0.6) is 11.5 Å². The van der Waals surface area contributed by atoms with Crippen molar-refractivity contribution in [1.29, 1.82) is 0 Å². The summed E-state index contributed by atoms with van der Waals surface area (Å²) in [5.41, 5.74) is 5.44. The monoisotopic (exact) mass is 610 g/mol. The number of carbonyl (C=O) groups excluding carboxylic acids is 1. The Morgan fingerprint density at radius 2 is 1.77 bits per heavy atom. The maximum absolute atomic E-state index is 14.9. The lowest BCUT2D eigenvalue weighted by Gasteiger charge is -2.10. The zero-order valence-electron chi connectivity index (χ0n) is 24.8. The molecule has 2 amide bonds. The molecule has 8 nitrogen and oxygen atoms in total. The zero-order chi connectivity index (χ0) is 30.5. The van der Waals surface area contributed by atoms with E-state index in [0.29, 0.717) is 18.0 Å². The molecule has 3 aromatic heterocycles. The Kier molecular flexibility index (Phi) is 8.99. The number of thiophene rings is 1. The first-order chi connectivity index (χ1) is 21.4. The summed E-state index contributed by atoms with van der Waals surface area (Å²) in [5.74, 6) is -0.00537. The normalized spacial score (nSPS) is 12.8. The quantitative estimate of drug-likeness (QED) is 0.134. The lowest BCUT2D eigenvalue weighted by Crippen LogP contribution is -2.30. The summed E-state index contributed by atoms with van der Waals surface area (Å²) in [4.78, 5) is 24.3. The van der Waals surface area contributed by atoms with Crippen molar-refractivity contribution < 1.29 is 13.9 Å². The van der Waals surface area contributed by atoms with Gasteiger partial charge in [0.15, 0.2) is 11.6 Å². The molecular formula is C34H35FN6O2S. The van der Waals surface area contributed by atoms with E-state index in [-0.39, 0.29) is 17.8 Å². The molecule has 0 spiro atoms. The summed E-state index contributed by atoms with van der Waals surface area (Å²) in [6.07, 6.45) is 7.70. The summed E-state index contributed by atoms with van der Waals surface area (Å²) < 4.78 is 21.7. The lowest BCUT2D eigenvalue weighted by molar-refractivity contribution is 0.251. The fourth-order valence-electron chi connectivity index (χ4n) is 4.75. The number of nitrogens with one attached hydrogen (secondary N) is 3. The van der Waals surface area contributed by atoms with Crippen molar-refractivity contribution in [2.75, 3.05) is 31.3 Å². The van der Waals surface area contributed by atoms with Gasteiger partial charge in [-0.3, -0.25) is 9.97 Å². The number of aromatic nitrogens is 2. The summed E-state index contributed by atoms with van der Waals surface area (Å²) in [6, 6.07) is 20.6. The van der Waals surface area contributed by atoms with Crippen LogP contribution >= 0.6 is 11.3 Å². The third kappa shape index (κ3) is 7.69. The Balaban J connectivity index is 1.08. The molecule has 1 aliphatic rings. The van der Waals surface area contributed by atoms with Crippen LogP contribution in [-0.2, 0) is 13.0 Å². The molecule has 5 aromatic rings. The van der Waals surface area contributed by atoms with E-state index in [2.05, 4.69) is 70.3 Å². The number of hydrogen-bond acceptors (Lipinski definition) is 7. The first kappa shape index (κ1) is 29.5. The summed E-state index contributed by atoms with van der Waals surface area (Å²) in [5, 5.41) is 8.95. The third-order valence-corrected chi connectivity index (χ3v) is 8.46. The molecule has 0 bridgehead atoms. The minimum Gasteiger partial charge on any atom is -0.453 e. The van der Waals surface area contributed by atoms with E-state index < -0.39 is 5.82 Å².